The molecule has 0 spiro atoms. The normalized spacial score (nSPS) is 10.0. The van der Waals surface area contributed by atoms with E-state index in [0.717, 1.165) is 5.56 Å². The molecule has 0 aromatic heterocycles. The fourth-order valence-electron chi connectivity index (χ4n) is 2.08. The van der Waals surface area contributed by atoms with E-state index in [0.29, 0.717) is 5.69 Å². The van der Waals surface area contributed by atoms with Gasteiger partial charge in [0.15, 0.2) is 0 Å². The molecule has 0 saturated heterocycles. The number of ether oxygens (including phenoxy) is 2. The van der Waals surface area contributed by atoms with Crippen molar-refractivity contribution in [3.05, 3.63) is 53.1 Å². The molecule has 0 aliphatic rings. The van der Waals surface area contributed by atoms with E-state index in [1.807, 2.05) is 6.92 Å². The van der Waals surface area contributed by atoms with Crippen LogP contribution in [-0.2, 0) is 4.74 Å². The Morgan fingerprint density at radius 2 is 1.78 bits per heavy atom. The van der Waals surface area contributed by atoms with Crippen LogP contribution in [0.4, 0.5) is 5.69 Å². The smallest absolute Gasteiger partial charge is 0.341 e. The van der Waals surface area contributed by atoms with Crippen LogP contribution in [0.25, 0.3) is 0 Å². The third-order valence-corrected chi connectivity index (χ3v) is 3.26. The second-order valence-electron chi connectivity index (χ2n) is 4.88. The molecule has 0 aliphatic carbocycles. The third-order valence-electron chi connectivity index (χ3n) is 3.26. The summed E-state index contributed by atoms with van der Waals surface area (Å²) >= 11 is 0. The Kier molecular flexibility index (Phi) is 4.85. The first-order valence-electron chi connectivity index (χ1n) is 6.83. The van der Waals surface area contributed by atoms with Gasteiger partial charge in [0, 0.05) is 11.8 Å². The first kappa shape index (κ1) is 16.4. The number of amides is 1. The maximum Gasteiger partial charge on any atom is 0.341 e. The molecular formula is C17H17NO5. The second-order valence-corrected chi connectivity index (χ2v) is 4.88. The molecule has 2 aromatic rings. The summed E-state index contributed by atoms with van der Waals surface area (Å²) in [6.07, 6.45) is 0. The summed E-state index contributed by atoms with van der Waals surface area (Å²) < 4.78 is 9.80. The van der Waals surface area contributed by atoms with Crippen molar-refractivity contribution in [3.63, 3.8) is 0 Å². The Hall–Kier alpha value is -3.02. The van der Waals surface area contributed by atoms with Gasteiger partial charge in [0.05, 0.1) is 19.8 Å². The number of hydrogen-bond donors (Lipinski definition) is 2. The van der Waals surface area contributed by atoms with Crippen LogP contribution < -0.4 is 10.1 Å². The van der Waals surface area contributed by atoms with Crippen LogP contribution in [0.5, 0.6) is 11.5 Å². The highest BCUT2D eigenvalue weighted by Crippen LogP contribution is 2.25. The number of carbonyl (C=O) groups excluding carboxylic acids is 2. The summed E-state index contributed by atoms with van der Waals surface area (Å²) in [6, 6.07) is 9.32. The van der Waals surface area contributed by atoms with Crippen molar-refractivity contribution in [2.24, 2.45) is 0 Å². The highest BCUT2D eigenvalue weighted by molar-refractivity contribution is 6.06. The summed E-state index contributed by atoms with van der Waals surface area (Å²) in [5.41, 5.74) is 1.71. The largest absolute Gasteiger partial charge is 0.507 e. The number of hydrogen-bond acceptors (Lipinski definition) is 5. The highest BCUT2D eigenvalue weighted by Gasteiger charge is 2.16. The zero-order valence-corrected chi connectivity index (χ0v) is 13.0. The van der Waals surface area contributed by atoms with Gasteiger partial charge in [-0.3, -0.25) is 4.79 Å². The number of esters is 1. The Labute approximate surface area is 133 Å². The Balaban J connectivity index is 2.28. The van der Waals surface area contributed by atoms with E-state index in [4.69, 9.17) is 4.74 Å². The fraction of sp³-hybridized carbons (Fsp3) is 0.176. The summed E-state index contributed by atoms with van der Waals surface area (Å²) in [5, 5.41) is 12.4. The number of phenolic OH excluding ortho intramolecular Hbond substituents is 1. The number of anilines is 1. The van der Waals surface area contributed by atoms with E-state index in [1.54, 1.807) is 18.2 Å². The monoisotopic (exact) mass is 315 g/mol. The van der Waals surface area contributed by atoms with Crippen LogP contribution in [0, 0.1) is 6.92 Å². The molecule has 0 atom stereocenters. The number of aromatic hydroxyl groups is 1. The first-order chi connectivity index (χ1) is 11.0. The molecule has 0 aliphatic heterocycles. The number of rotatable bonds is 4. The Bertz CT molecular complexity index is 755. The lowest BCUT2D eigenvalue weighted by Crippen LogP contribution is -2.13. The number of phenols is 1. The van der Waals surface area contributed by atoms with Crippen molar-refractivity contribution in [1.82, 2.24) is 0 Å². The van der Waals surface area contributed by atoms with E-state index in [1.165, 1.54) is 32.4 Å². The SMILES string of the molecule is COC(=O)c1ccc(NC(=O)c2cc(C)ccc2O)cc1OC. The minimum Gasteiger partial charge on any atom is -0.507 e. The van der Waals surface area contributed by atoms with E-state index >= 15 is 0 Å². The van der Waals surface area contributed by atoms with Crippen LogP contribution in [0.3, 0.4) is 0 Å². The molecule has 0 bridgehead atoms. The van der Waals surface area contributed by atoms with Crippen LogP contribution in [0.15, 0.2) is 36.4 Å². The maximum absolute atomic E-state index is 12.3. The van der Waals surface area contributed by atoms with Crippen molar-refractivity contribution in [2.45, 2.75) is 6.92 Å². The van der Waals surface area contributed by atoms with Crippen LogP contribution in [0.2, 0.25) is 0 Å². The second kappa shape index (κ2) is 6.83. The molecule has 0 radical (unpaired) electrons. The van der Waals surface area contributed by atoms with Crippen molar-refractivity contribution >= 4 is 17.6 Å². The molecule has 0 unspecified atom stereocenters. The molecule has 2 rings (SSSR count). The molecule has 0 fully saturated rings. The van der Waals surface area contributed by atoms with E-state index in [-0.39, 0.29) is 22.6 Å². The van der Waals surface area contributed by atoms with Crippen molar-refractivity contribution < 1.29 is 24.2 Å². The van der Waals surface area contributed by atoms with Crippen molar-refractivity contribution in [2.75, 3.05) is 19.5 Å². The van der Waals surface area contributed by atoms with Gasteiger partial charge in [0.2, 0.25) is 0 Å². The van der Waals surface area contributed by atoms with Crippen molar-refractivity contribution in [1.29, 1.82) is 0 Å². The van der Waals surface area contributed by atoms with Gasteiger partial charge in [0.1, 0.15) is 17.1 Å². The quantitative estimate of drug-likeness (QED) is 0.847. The number of aryl methyl sites for hydroxylation is 1. The molecule has 0 saturated carbocycles. The van der Waals surface area contributed by atoms with Gasteiger partial charge in [-0.2, -0.15) is 0 Å². The maximum atomic E-state index is 12.3. The number of benzene rings is 2. The molecule has 120 valence electrons. The van der Waals surface area contributed by atoms with Gasteiger partial charge in [-0.1, -0.05) is 11.6 Å². The average Bonchev–Trinajstić information content (AvgIpc) is 2.56. The van der Waals surface area contributed by atoms with Gasteiger partial charge >= 0.3 is 5.97 Å². The molecular weight excluding hydrogens is 298 g/mol. The molecule has 1 amide bonds. The Morgan fingerprint density at radius 1 is 1.04 bits per heavy atom. The van der Waals surface area contributed by atoms with E-state index < -0.39 is 11.9 Å². The molecule has 0 heterocycles. The summed E-state index contributed by atoms with van der Waals surface area (Å²) in [6.45, 7) is 1.82. The number of carbonyl (C=O) groups is 2. The van der Waals surface area contributed by atoms with E-state index in [2.05, 4.69) is 10.1 Å². The van der Waals surface area contributed by atoms with E-state index in [9.17, 15) is 14.7 Å². The predicted octanol–water partition coefficient (Wildman–Crippen LogP) is 2.75. The molecule has 2 N–H and O–H groups in total. The number of nitrogens with one attached hydrogen (secondary N) is 1. The lowest BCUT2D eigenvalue weighted by atomic mass is 10.1. The zero-order valence-electron chi connectivity index (χ0n) is 13.0. The van der Waals surface area contributed by atoms with Crippen LogP contribution in [0.1, 0.15) is 26.3 Å². The van der Waals surface area contributed by atoms with Gasteiger partial charge in [0.25, 0.3) is 5.91 Å². The summed E-state index contributed by atoms with van der Waals surface area (Å²) in [4.78, 5) is 23.9. The number of methoxy groups -OCH3 is 2. The van der Waals surface area contributed by atoms with Crippen molar-refractivity contribution in [3.8, 4) is 11.5 Å². The van der Waals surface area contributed by atoms with Gasteiger partial charge in [-0.25, -0.2) is 4.79 Å². The lowest BCUT2D eigenvalue weighted by molar-refractivity contribution is 0.0597. The molecule has 6 nitrogen and oxygen atoms in total. The minimum absolute atomic E-state index is 0.105. The van der Waals surface area contributed by atoms with Gasteiger partial charge in [-0.05, 0) is 31.2 Å². The van der Waals surface area contributed by atoms with Crippen LogP contribution >= 0.6 is 0 Å². The standard InChI is InChI=1S/C17H17NO5/c1-10-4-7-14(19)13(8-10)16(20)18-11-5-6-12(17(21)23-3)15(9-11)22-2/h4-9,19H,1-3H3,(H,18,20). The highest BCUT2D eigenvalue weighted by atomic mass is 16.5. The van der Waals surface area contributed by atoms with Crippen LogP contribution in [-0.4, -0.2) is 31.2 Å². The molecule has 2 aromatic carbocycles. The predicted molar refractivity (Wildman–Crippen MR) is 85.1 cm³/mol. The summed E-state index contributed by atoms with van der Waals surface area (Å²) in [5.74, 6) is -0.815. The first-order valence-corrected chi connectivity index (χ1v) is 6.83. The zero-order chi connectivity index (χ0) is 17.0. The lowest BCUT2D eigenvalue weighted by Gasteiger charge is -2.11. The summed E-state index contributed by atoms with van der Waals surface area (Å²) in [7, 11) is 2.69. The van der Waals surface area contributed by atoms with Gasteiger partial charge < -0.3 is 19.9 Å². The minimum atomic E-state index is -0.531. The fourth-order valence-corrected chi connectivity index (χ4v) is 2.08. The third kappa shape index (κ3) is 3.60. The topological polar surface area (TPSA) is 84.9 Å². The van der Waals surface area contributed by atoms with Gasteiger partial charge in [-0.15, -0.1) is 0 Å². The molecule has 23 heavy (non-hydrogen) atoms. The molecule has 6 heteroatoms. The average molecular weight is 315 g/mol. The Morgan fingerprint density at radius 3 is 2.43 bits per heavy atom.